The number of carboxylic acids is 1. The fourth-order valence-corrected chi connectivity index (χ4v) is 2.20. The number of benzene rings is 1. The third-order valence-corrected chi connectivity index (χ3v) is 3.91. The van der Waals surface area contributed by atoms with E-state index in [1.54, 1.807) is 39.3 Å². The number of ether oxygens (including phenoxy) is 2. The molecule has 23 heavy (non-hydrogen) atoms. The highest BCUT2D eigenvalue weighted by Gasteiger charge is 2.25. The average molecular weight is 321 g/mol. The average Bonchev–Trinajstić information content (AvgIpc) is 3.35. The van der Waals surface area contributed by atoms with Gasteiger partial charge in [-0.2, -0.15) is 0 Å². The van der Waals surface area contributed by atoms with Gasteiger partial charge in [-0.3, -0.25) is 9.59 Å². The first-order valence-electron chi connectivity index (χ1n) is 7.71. The maximum atomic E-state index is 12.6. The van der Waals surface area contributed by atoms with Crippen LogP contribution in [0.1, 0.15) is 30.1 Å². The number of nitrogens with zero attached hydrogens (tertiary/aromatic N) is 1. The van der Waals surface area contributed by atoms with Gasteiger partial charge in [0.15, 0.2) is 0 Å². The topological polar surface area (TPSA) is 76.1 Å². The maximum absolute atomic E-state index is 12.6. The molecule has 1 N–H and O–H groups in total. The van der Waals surface area contributed by atoms with Crippen molar-refractivity contribution in [3.05, 3.63) is 23.8 Å². The van der Waals surface area contributed by atoms with Crippen LogP contribution in [0.2, 0.25) is 0 Å². The second-order valence-electron chi connectivity index (χ2n) is 6.04. The fraction of sp³-hybridized carbons (Fsp3) is 0.529. The van der Waals surface area contributed by atoms with Crippen molar-refractivity contribution in [3.63, 3.8) is 0 Å². The highest BCUT2D eigenvalue weighted by atomic mass is 16.5. The predicted octanol–water partition coefficient (Wildman–Crippen LogP) is 2.28. The number of carbonyl (C=O) groups is 2. The number of methoxy groups -OCH3 is 1. The molecule has 1 aliphatic rings. The molecule has 0 aromatic heterocycles. The Bertz CT molecular complexity index is 582. The van der Waals surface area contributed by atoms with Crippen LogP contribution in [0, 0.1) is 11.8 Å². The Balaban J connectivity index is 2.14. The van der Waals surface area contributed by atoms with Gasteiger partial charge in [0.2, 0.25) is 0 Å². The van der Waals surface area contributed by atoms with Gasteiger partial charge in [0.1, 0.15) is 11.5 Å². The normalized spacial score (nSPS) is 14.9. The lowest BCUT2D eigenvalue weighted by molar-refractivity contribution is -0.141. The van der Waals surface area contributed by atoms with Crippen LogP contribution in [0.25, 0.3) is 0 Å². The molecule has 1 atom stereocenters. The lowest BCUT2D eigenvalue weighted by atomic mass is 10.1. The van der Waals surface area contributed by atoms with Crippen molar-refractivity contribution in [1.29, 1.82) is 0 Å². The molecule has 6 nitrogen and oxygen atoms in total. The minimum Gasteiger partial charge on any atom is -0.497 e. The summed E-state index contributed by atoms with van der Waals surface area (Å²) in [5.41, 5.74) is 0.423. The van der Waals surface area contributed by atoms with E-state index in [1.165, 1.54) is 4.90 Å². The number of aliphatic carboxylic acids is 1. The van der Waals surface area contributed by atoms with E-state index >= 15 is 0 Å². The molecule has 0 aliphatic heterocycles. The third-order valence-electron chi connectivity index (χ3n) is 3.91. The number of carboxylic acid groups (broad SMARTS) is 1. The van der Waals surface area contributed by atoms with Crippen molar-refractivity contribution in [1.82, 2.24) is 4.90 Å². The second-order valence-corrected chi connectivity index (χ2v) is 6.04. The summed E-state index contributed by atoms with van der Waals surface area (Å²) in [5.74, 6) is -0.145. The monoisotopic (exact) mass is 321 g/mol. The number of carbonyl (C=O) groups excluding carboxylic acids is 1. The Hall–Kier alpha value is -2.24. The zero-order chi connectivity index (χ0) is 17.0. The molecular weight excluding hydrogens is 298 g/mol. The molecular formula is C17H23NO5. The molecule has 6 heteroatoms. The van der Waals surface area contributed by atoms with Crippen LogP contribution in [0.15, 0.2) is 18.2 Å². The molecule has 0 radical (unpaired) electrons. The van der Waals surface area contributed by atoms with Crippen molar-refractivity contribution in [3.8, 4) is 11.5 Å². The van der Waals surface area contributed by atoms with Gasteiger partial charge in [0.25, 0.3) is 5.91 Å². The maximum Gasteiger partial charge on any atom is 0.308 e. The van der Waals surface area contributed by atoms with Gasteiger partial charge >= 0.3 is 5.97 Å². The van der Waals surface area contributed by atoms with E-state index < -0.39 is 11.9 Å². The standard InChI is InChI=1S/C17H23NO5/c1-11(17(20)21)9-18(2)16(19)14-7-6-13(22-3)8-15(14)23-10-12-4-5-12/h6-8,11-12H,4-5,9-10H2,1-3H3,(H,20,21). The summed E-state index contributed by atoms with van der Waals surface area (Å²) < 4.78 is 11.0. The Morgan fingerprint density at radius 3 is 2.65 bits per heavy atom. The van der Waals surface area contributed by atoms with Crippen LogP contribution < -0.4 is 9.47 Å². The molecule has 1 aliphatic carbocycles. The largest absolute Gasteiger partial charge is 0.497 e. The molecule has 1 unspecified atom stereocenters. The Labute approximate surface area is 136 Å². The molecule has 1 saturated carbocycles. The molecule has 1 fully saturated rings. The van der Waals surface area contributed by atoms with E-state index in [9.17, 15) is 9.59 Å². The summed E-state index contributed by atoms with van der Waals surface area (Å²) in [6, 6.07) is 5.06. The van der Waals surface area contributed by atoms with Crippen molar-refractivity contribution < 1.29 is 24.2 Å². The number of hydrogen-bond acceptors (Lipinski definition) is 4. The molecule has 0 saturated heterocycles. The Morgan fingerprint density at radius 2 is 2.09 bits per heavy atom. The van der Waals surface area contributed by atoms with Crippen molar-refractivity contribution >= 4 is 11.9 Å². The van der Waals surface area contributed by atoms with E-state index in [0.717, 1.165) is 12.8 Å². The second kappa shape index (κ2) is 7.35. The SMILES string of the molecule is COc1ccc(C(=O)N(C)CC(C)C(=O)O)c(OCC2CC2)c1. The van der Waals surface area contributed by atoms with Gasteiger partial charge in [0, 0.05) is 19.7 Å². The summed E-state index contributed by atoms with van der Waals surface area (Å²) >= 11 is 0. The van der Waals surface area contributed by atoms with E-state index in [0.29, 0.717) is 29.6 Å². The third kappa shape index (κ3) is 4.61. The summed E-state index contributed by atoms with van der Waals surface area (Å²) in [6.07, 6.45) is 2.31. The highest BCUT2D eigenvalue weighted by Crippen LogP contribution is 2.32. The fourth-order valence-electron chi connectivity index (χ4n) is 2.20. The highest BCUT2D eigenvalue weighted by molar-refractivity contribution is 5.97. The van der Waals surface area contributed by atoms with Gasteiger partial charge in [-0.1, -0.05) is 6.92 Å². The van der Waals surface area contributed by atoms with Gasteiger partial charge < -0.3 is 19.5 Å². The predicted molar refractivity (Wildman–Crippen MR) is 85.0 cm³/mol. The molecule has 2 rings (SSSR count). The zero-order valence-electron chi connectivity index (χ0n) is 13.7. The van der Waals surface area contributed by atoms with E-state index in [1.807, 2.05) is 0 Å². The Morgan fingerprint density at radius 1 is 1.39 bits per heavy atom. The minimum atomic E-state index is -0.926. The van der Waals surface area contributed by atoms with Crippen LogP contribution in [-0.4, -0.2) is 49.2 Å². The number of rotatable bonds is 8. The van der Waals surface area contributed by atoms with Crippen molar-refractivity contribution in [2.24, 2.45) is 11.8 Å². The Kier molecular flexibility index (Phi) is 5.47. The van der Waals surface area contributed by atoms with Gasteiger partial charge in [-0.15, -0.1) is 0 Å². The number of hydrogen-bond donors (Lipinski definition) is 1. The zero-order valence-corrected chi connectivity index (χ0v) is 13.7. The first-order chi connectivity index (χ1) is 10.9. The van der Waals surface area contributed by atoms with Crippen LogP contribution in [0.3, 0.4) is 0 Å². The van der Waals surface area contributed by atoms with E-state index in [-0.39, 0.29) is 12.5 Å². The van der Waals surface area contributed by atoms with Crippen LogP contribution in [0.4, 0.5) is 0 Å². The molecule has 1 aromatic carbocycles. The number of amides is 1. The van der Waals surface area contributed by atoms with Gasteiger partial charge in [-0.05, 0) is 30.9 Å². The molecule has 0 heterocycles. The van der Waals surface area contributed by atoms with Crippen LogP contribution in [0.5, 0.6) is 11.5 Å². The lowest BCUT2D eigenvalue weighted by Gasteiger charge is -2.21. The van der Waals surface area contributed by atoms with Crippen molar-refractivity contribution in [2.75, 3.05) is 27.3 Å². The first kappa shape index (κ1) is 17.1. The summed E-state index contributed by atoms with van der Waals surface area (Å²) in [7, 11) is 3.15. The van der Waals surface area contributed by atoms with Gasteiger partial charge in [-0.25, -0.2) is 0 Å². The molecule has 0 bridgehead atoms. The molecule has 0 spiro atoms. The van der Waals surface area contributed by atoms with Crippen LogP contribution >= 0.6 is 0 Å². The van der Waals surface area contributed by atoms with E-state index in [2.05, 4.69) is 0 Å². The first-order valence-corrected chi connectivity index (χ1v) is 7.71. The summed E-state index contributed by atoms with van der Waals surface area (Å²) in [6.45, 7) is 2.30. The van der Waals surface area contributed by atoms with Crippen LogP contribution in [-0.2, 0) is 4.79 Å². The molecule has 1 aromatic rings. The molecule has 1 amide bonds. The molecule has 126 valence electrons. The lowest BCUT2D eigenvalue weighted by Crippen LogP contribution is -2.34. The summed E-state index contributed by atoms with van der Waals surface area (Å²) in [5, 5.41) is 8.98. The van der Waals surface area contributed by atoms with Crippen molar-refractivity contribution in [2.45, 2.75) is 19.8 Å². The van der Waals surface area contributed by atoms with Gasteiger partial charge in [0.05, 0.1) is 25.2 Å². The quantitative estimate of drug-likeness (QED) is 0.795. The smallest absolute Gasteiger partial charge is 0.308 e. The minimum absolute atomic E-state index is 0.141. The summed E-state index contributed by atoms with van der Waals surface area (Å²) in [4.78, 5) is 25.0. The van der Waals surface area contributed by atoms with E-state index in [4.69, 9.17) is 14.6 Å².